The Bertz CT molecular complexity index is 1030. The molecule has 0 saturated carbocycles. The number of alkyl halides is 2. The number of benzene rings is 3. The van der Waals surface area contributed by atoms with E-state index in [-0.39, 0.29) is 17.4 Å². The summed E-state index contributed by atoms with van der Waals surface area (Å²) >= 11 is 0. The van der Waals surface area contributed by atoms with Crippen molar-refractivity contribution in [3.63, 3.8) is 0 Å². The number of likely N-dealkylation sites (N-methyl/N-ethyl adjacent to an activating group) is 1. The van der Waals surface area contributed by atoms with Crippen molar-refractivity contribution in [2.45, 2.75) is 26.1 Å². The van der Waals surface area contributed by atoms with Gasteiger partial charge in [-0.05, 0) is 54.6 Å². The molecule has 0 radical (unpaired) electrons. The van der Waals surface area contributed by atoms with Crippen molar-refractivity contribution in [3.05, 3.63) is 66.2 Å². The van der Waals surface area contributed by atoms with E-state index in [9.17, 15) is 13.6 Å². The third kappa shape index (κ3) is 5.24. The van der Waals surface area contributed by atoms with Crippen LogP contribution in [0.2, 0.25) is 0 Å². The molecule has 1 amide bonds. The third-order valence-corrected chi connectivity index (χ3v) is 4.93. The van der Waals surface area contributed by atoms with E-state index < -0.39 is 12.7 Å². The van der Waals surface area contributed by atoms with Crippen molar-refractivity contribution in [2.24, 2.45) is 0 Å². The summed E-state index contributed by atoms with van der Waals surface area (Å²) in [5.74, 6) is 0.0490. The summed E-state index contributed by atoms with van der Waals surface area (Å²) in [5.41, 5.74) is 1.54. The molecule has 0 aromatic heterocycles. The average Bonchev–Trinajstić information content (AvgIpc) is 2.73. The lowest BCUT2D eigenvalue weighted by atomic mass is 10.1. The van der Waals surface area contributed by atoms with Gasteiger partial charge in [-0.25, -0.2) is 0 Å². The van der Waals surface area contributed by atoms with Gasteiger partial charge in [0, 0.05) is 12.2 Å². The minimum Gasteiger partial charge on any atom is -0.493 e. The number of nitrogens with one attached hydrogen (secondary N) is 1. The fourth-order valence-electron chi connectivity index (χ4n) is 3.14. The molecule has 3 rings (SSSR count). The van der Waals surface area contributed by atoms with Crippen LogP contribution in [0.15, 0.2) is 60.7 Å². The molecule has 3 aromatic rings. The van der Waals surface area contributed by atoms with E-state index >= 15 is 0 Å². The fraction of sp³-hybridized carbons (Fsp3) is 0.261. The predicted octanol–water partition coefficient (Wildman–Crippen LogP) is 4.91. The standard InChI is InChI=1S/C23H24F2N2O3/c1-15(22(28)26-19-10-9-17-6-4-5-7-18(17)13-19)27(2)14-16-8-11-20(30-23(24)25)21(12-16)29-3/h4-13,15,23H,14H2,1-3H3,(H,26,28). The van der Waals surface area contributed by atoms with Crippen LogP contribution in [0, 0.1) is 0 Å². The Morgan fingerprint density at radius 3 is 2.47 bits per heavy atom. The highest BCUT2D eigenvalue weighted by molar-refractivity contribution is 5.97. The summed E-state index contributed by atoms with van der Waals surface area (Å²) in [6, 6.07) is 18.0. The number of anilines is 1. The topological polar surface area (TPSA) is 50.8 Å². The van der Waals surface area contributed by atoms with Gasteiger partial charge in [-0.3, -0.25) is 9.69 Å². The second kappa shape index (κ2) is 9.54. The van der Waals surface area contributed by atoms with Crippen LogP contribution in [0.5, 0.6) is 11.5 Å². The quantitative estimate of drug-likeness (QED) is 0.569. The van der Waals surface area contributed by atoms with E-state index in [0.717, 1.165) is 22.0 Å². The highest BCUT2D eigenvalue weighted by Gasteiger charge is 2.19. The van der Waals surface area contributed by atoms with Gasteiger partial charge in [-0.15, -0.1) is 0 Å². The zero-order valence-electron chi connectivity index (χ0n) is 17.1. The molecule has 1 atom stereocenters. The summed E-state index contributed by atoms with van der Waals surface area (Å²) in [4.78, 5) is 14.6. The van der Waals surface area contributed by atoms with Gasteiger partial charge < -0.3 is 14.8 Å². The molecular formula is C23H24F2N2O3. The molecule has 0 heterocycles. The molecule has 0 saturated heterocycles. The first kappa shape index (κ1) is 21.5. The molecule has 0 bridgehead atoms. The SMILES string of the molecule is COc1cc(CN(C)C(C)C(=O)Nc2ccc3ccccc3c2)ccc1OC(F)F. The highest BCUT2D eigenvalue weighted by Crippen LogP contribution is 2.30. The predicted molar refractivity (Wildman–Crippen MR) is 113 cm³/mol. The van der Waals surface area contributed by atoms with Crippen molar-refractivity contribution in [1.29, 1.82) is 0 Å². The Kier molecular flexibility index (Phi) is 6.84. The number of carbonyl (C=O) groups is 1. The lowest BCUT2D eigenvalue weighted by molar-refractivity contribution is -0.120. The number of rotatable bonds is 8. The van der Waals surface area contributed by atoms with Gasteiger partial charge in [-0.2, -0.15) is 8.78 Å². The number of hydrogen-bond donors (Lipinski definition) is 1. The molecular weight excluding hydrogens is 390 g/mol. The van der Waals surface area contributed by atoms with E-state index in [1.807, 2.05) is 61.3 Å². The number of amides is 1. The van der Waals surface area contributed by atoms with Crippen LogP contribution >= 0.6 is 0 Å². The number of hydrogen-bond acceptors (Lipinski definition) is 4. The number of methoxy groups -OCH3 is 1. The molecule has 1 unspecified atom stereocenters. The van der Waals surface area contributed by atoms with Gasteiger partial charge in [-0.1, -0.05) is 36.4 Å². The maximum Gasteiger partial charge on any atom is 0.387 e. The van der Waals surface area contributed by atoms with Crippen LogP contribution in [-0.4, -0.2) is 37.6 Å². The Morgan fingerprint density at radius 1 is 1.03 bits per heavy atom. The highest BCUT2D eigenvalue weighted by atomic mass is 19.3. The zero-order chi connectivity index (χ0) is 21.7. The smallest absolute Gasteiger partial charge is 0.387 e. The van der Waals surface area contributed by atoms with Gasteiger partial charge >= 0.3 is 6.61 Å². The molecule has 0 fully saturated rings. The molecule has 158 valence electrons. The van der Waals surface area contributed by atoms with Crippen molar-refractivity contribution < 1.29 is 23.0 Å². The molecule has 0 aliphatic heterocycles. The number of halogens is 2. The first-order chi connectivity index (χ1) is 14.4. The molecule has 0 aliphatic carbocycles. The summed E-state index contributed by atoms with van der Waals surface area (Å²) in [5, 5.41) is 5.10. The second-order valence-electron chi connectivity index (χ2n) is 7.01. The lowest BCUT2D eigenvalue weighted by Gasteiger charge is -2.24. The number of carbonyl (C=O) groups excluding carboxylic acids is 1. The Labute approximate surface area is 174 Å². The maximum atomic E-state index is 12.7. The molecule has 1 N–H and O–H groups in total. The normalized spacial score (nSPS) is 12.2. The maximum absolute atomic E-state index is 12.7. The van der Waals surface area contributed by atoms with E-state index in [4.69, 9.17) is 4.74 Å². The van der Waals surface area contributed by atoms with E-state index in [1.165, 1.54) is 13.2 Å². The summed E-state index contributed by atoms with van der Waals surface area (Å²) in [6.07, 6.45) is 0. The Balaban J connectivity index is 1.65. The van der Waals surface area contributed by atoms with Crippen LogP contribution in [0.1, 0.15) is 12.5 Å². The van der Waals surface area contributed by atoms with Crippen LogP contribution in [0.25, 0.3) is 10.8 Å². The van der Waals surface area contributed by atoms with Gasteiger partial charge in [0.25, 0.3) is 0 Å². The van der Waals surface area contributed by atoms with E-state index in [0.29, 0.717) is 6.54 Å². The lowest BCUT2D eigenvalue weighted by Crippen LogP contribution is -2.39. The fourth-order valence-corrected chi connectivity index (χ4v) is 3.14. The van der Waals surface area contributed by atoms with E-state index in [1.54, 1.807) is 12.1 Å². The van der Waals surface area contributed by atoms with Gasteiger partial charge in [0.1, 0.15) is 0 Å². The monoisotopic (exact) mass is 414 g/mol. The number of ether oxygens (including phenoxy) is 2. The third-order valence-electron chi connectivity index (χ3n) is 4.93. The molecule has 7 heteroatoms. The molecule has 0 aliphatic rings. The average molecular weight is 414 g/mol. The molecule has 30 heavy (non-hydrogen) atoms. The Morgan fingerprint density at radius 2 is 1.77 bits per heavy atom. The van der Waals surface area contributed by atoms with E-state index in [2.05, 4.69) is 10.1 Å². The van der Waals surface area contributed by atoms with Crippen LogP contribution < -0.4 is 14.8 Å². The largest absolute Gasteiger partial charge is 0.493 e. The molecule has 3 aromatic carbocycles. The van der Waals surface area contributed by atoms with Gasteiger partial charge in [0.05, 0.1) is 13.2 Å². The van der Waals surface area contributed by atoms with Gasteiger partial charge in [0.2, 0.25) is 5.91 Å². The van der Waals surface area contributed by atoms with Crippen LogP contribution in [-0.2, 0) is 11.3 Å². The second-order valence-corrected chi connectivity index (χ2v) is 7.01. The van der Waals surface area contributed by atoms with Crippen molar-refractivity contribution >= 4 is 22.4 Å². The first-order valence-electron chi connectivity index (χ1n) is 9.49. The van der Waals surface area contributed by atoms with Crippen molar-refractivity contribution in [2.75, 3.05) is 19.5 Å². The number of fused-ring (bicyclic) bond motifs is 1. The molecule has 0 spiro atoms. The zero-order valence-corrected chi connectivity index (χ0v) is 17.1. The summed E-state index contributed by atoms with van der Waals surface area (Å²) in [6.45, 7) is -0.689. The Hall–Kier alpha value is -3.19. The minimum atomic E-state index is -2.92. The summed E-state index contributed by atoms with van der Waals surface area (Å²) < 4.78 is 34.5. The van der Waals surface area contributed by atoms with Crippen molar-refractivity contribution in [3.8, 4) is 11.5 Å². The summed E-state index contributed by atoms with van der Waals surface area (Å²) in [7, 11) is 3.21. The van der Waals surface area contributed by atoms with Crippen molar-refractivity contribution in [1.82, 2.24) is 4.90 Å². The van der Waals surface area contributed by atoms with Gasteiger partial charge in [0.15, 0.2) is 11.5 Å². The van der Waals surface area contributed by atoms with Crippen LogP contribution in [0.4, 0.5) is 14.5 Å². The minimum absolute atomic E-state index is 0.0269. The molecule has 5 nitrogen and oxygen atoms in total. The van der Waals surface area contributed by atoms with Crippen LogP contribution in [0.3, 0.4) is 0 Å². The number of nitrogens with zero attached hydrogens (tertiary/aromatic N) is 1. The first-order valence-corrected chi connectivity index (χ1v) is 9.49.